The van der Waals surface area contributed by atoms with Crippen LogP contribution in [0.25, 0.3) is 0 Å². The van der Waals surface area contributed by atoms with Gasteiger partial charge in [-0.1, -0.05) is 24.3 Å². The van der Waals surface area contributed by atoms with Gasteiger partial charge in [0.1, 0.15) is 5.75 Å². The van der Waals surface area contributed by atoms with E-state index in [2.05, 4.69) is 51.7 Å². The number of likely N-dealkylation sites (N-methyl/N-ethyl adjacent to an activating group) is 1. The second kappa shape index (κ2) is 11.4. The Kier molecular flexibility index (Phi) is 8.36. The van der Waals surface area contributed by atoms with Crippen molar-refractivity contribution in [3.05, 3.63) is 59.7 Å². The maximum absolute atomic E-state index is 11.7. The molecule has 2 N–H and O–H groups in total. The van der Waals surface area contributed by atoms with Gasteiger partial charge in [0.05, 0.1) is 6.04 Å². The fraction of sp³-hybridized carbons (Fsp3) is 0.440. The number of nitrogens with one attached hydrogen (secondary N) is 2. The van der Waals surface area contributed by atoms with Crippen molar-refractivity contribution in [1.82, 2.24) is 15.5 Å². The molecule has 0 radical (unpaired) electrons. The summed E-state index contributed by atoms with van der Waals surface area (Å²) in [5.41, 5.74) is 3.57. The highest BCUT2D eigenvalue weighted by Crippen LogP contribution is 2.24. The molecule has 1 aliphatic heterocycles. The van der Waals surface area contributed by atoms with E-state index in [0.717, 1.165) is 24.6 Å². The number of rotatable bonds is 8. The Morgan fingerprint density at radius 3 is 2.62 bits per heavy atom. The van der Waals surface area contributed by atoms with Gasteiger partial charge in [-0.05, 0) is 55.2 Å². The van der Waals surface area contributed by atoms with Crippen molar-refractivity contribution in [2.24, 2.45) is 4.99 Å². The van der Waals surface area contributed by atoms with Crippen LogP contribution >= 0.6 is 0 Å². The number of hydrogen-bond acceptors (Lipinski definition) is 4. The molecule has 7 heteroatoms. The maximum Gasteiger partial charge on any atom is 0.259 e. The van der Waals surface area contributed by atoms with Crippen molar-refractivity contribution in [2.45, 2.75) is 32.4 Å². The van der Waals surface area contributed by atoms with E-state index in [1.54, 1.807) is 21.1 Å². The standard InChI is InChI=1S/C25H35N5O2/c1-19(21-10-8-11-22(16-21)30-13-5-6-14-30)28-25(26-2)27-17-20-9-7-12-23(15-20)32-18-24(31)29(3)4/h7-12,15-16,19H,5-6,13-14,17-18H2,1-4H3,(H2,26,27,28). The van der Waals surface area contributed by atoms with Crippen LogP contribution < -0.4 is 20.3 Å². The van der Waals surface area contributed by atoms with E-state index in [0.29, 0.717) is 12.3 Å². The molecule has 0 aromatic heterocycles. The van der Waals surface area contributed by atoms with E-state index in [9.17, 15) is 4.79 Å². The Bertz CT molecular complexity index is 922. The zero-order chi connectivity index (χ0) is 22.9. The largest absolute Gasteiger partial charge is 0.484 e. The highest BCUT2D eigenvalue weighted by molar-refractivity contribution is 5.80. The Morgan fingerprint density at radius 2 is 1.91 bits per heavy atom. The number of benzene rings is 2. The van der Waals surface area contributed by atoms with Crippen molar-refractivity contribution >= 4 is 17.6 Å². The Labute approximate surface area is 191 Å². The average Bonchev–Trinajstić information content (AvgIpc) is 3.35. The predicted octanol–water partition coefficient (Wildman–Crippen LogP) is 3.18. The number of aliphatic imine (C=N–C) groups is 1. The smallest absolute Gasteiger partial charge is 0.259 e. The van der Waals surface area contributed by atoms with Crippen LogP contribution in [0.15, 0.2) is 53.5 Å². The topological polar surface area (TPSA) is 69.2 Å². The molecule has 1 aliphatic rings. The molecule has 0 bridgehead atoms. The highest BCUT2D eigenvalue weighted by atomic mass is 16.5. The first-order valence-corrected chi connectivity index (χ1v) is 11.2. The van der Waals surface area contributed by atoms with Crippen LogP contribution in [0, 0.1) is 0 Å². The van der Waals surface area contributed by atoms with Gasteiger partial charge in [0.2, 0.25) is 0 Å². The molecule has 1 fully saturated rings. The molecular formula is C25H35N5O2. The van der Waals surface area contributed by atoms with Crippen LogP contribution in [-0.4, -0.2) is 57.6 Å². The molecule has 7 nitrogen and oxygen atoms in total. The van der Waals surface area contributed by atoms with Crippen molar-refractivity contribution < 1.29 is 9.53 Å². The summed E-state index contributed by atoms with van der Waals surface area (Å²) in [6.07, 6.45) is 2.54. The fourth-order valence-electron chi connectivity index (χ4n) is 3.65. The molecule has 1 heterocycles. The molecule has 172 valence electrons. The van der Waals surface area contributed by atoms with Gasteiger partial charge in [-0.2, -0.15) is 0 Å². The van der Waals surface area contributed by atoms with E-state index >= 15 is 0 Å². The monoisotopic (exact) mass is 437 g/mol. The number of anilines is 1. The quantitative estimate of drug-likeness (QED) is 0.490. The molecule has 3 rings (SSSR count). The van der Waals surface area contributed by atoms with Crippen molar-refractivity contribution in [3.8, 4) is 5.75 Å². The lowest BCUT2D eigenvalue weighted by Gasteiger charge is -2.22. The number of hydrogen-bond donors (Lipinski definition) is 2. The van der Waals surface area contributed by atoms with E-state index in [-0.39, 0.29) is 18.6 Å². The van der Waals surface area contributed by atoms with Crippen LogP contribution in [0.3, 0.4) is 0 Å². The zero-order valence-corrected chi connectivity index (χ0v) is 19.6. The molecule has 32 heavy (non-hydrogen) atoms. The maximum atomic E-state index is 11.7. The molecule has 2 aromatic carbocycles. The number of ether oxygens (including phenoxy) is 1. The number of carbonyl (C=O) groups is 1. The lowest BCUT2D eigenvalue weighted by molar-refractivity contribution is -0.130. The molecule has 1 unspecified atom stereocenters. The van der Waals surface area contributed by atoms with Crippen molar-refractivity contribution in [2.75, 3.05) is 45.7 Å². The number of guanidine groups is 1. The van der Waals surface area contributed by atoms with E-state index in [4.69, 9.17) is 4.74 Å². The molecule has 0 saturated carbocycles. The lowest BCUT2D eigenvalue weighted by Crippen LogP contribution is -2.38. The van der Waals surface area contributed by atoms with Crippen LogP contribution in [0.2, 0.25) is 0 Å². The predicted molar refractivity (Wildman–Crippen MR) is 130 cm³/mol. The molecular weight excluding hydrogens is 402 g/mol. The number of amides is 1. The zero-order valence-electron chi connectivity index (χ0n) is 19.6. The third-order valence-electron chi connectivity index (χ3n) is 5.64. The normalized spacial score (nSPS) is 14.8. The van der Waals surface area contributed by atoms with Gasteiger partial charge in [-0.15, -0.1) is 0 Å². The molecule has 1 saturated heterocycles. The Morgan fingerprint density at radius 1 is 1.16 bits per heavy atom. The van der Waals surface area contributed by atoms with Gasteiger partial charge in [0, 0.05) is 46.5 Å². The summed E-state index contributed by atoms with van der Waals surface area (Å²) in [5.74, 6) is 1.34. The summed E-state index contributed by atoms with van der Waals surface area (Å²) in [4.78, 5) is 20.1. The minimum Gasteiger partial charge on any atom is -0.484 e. The first-order valence-electron chi connectivity index (χ1n) is 11.2. The summed E-state index contributed by atoms with van der Waals surface area (Å²) in [6, 6.07) is 16.6. The summed E-state index contributed by atoms with van der Waals surface area (Å²) in [5, 5.41) is 6.84. The van der Waals surface area contributed by atoms with Crippen LogP contribution in [0.5, 0.6) is 5.75 Å². The molecule has 0 spiro atoms. The molecule has 0 aliphatic carbocycles. The molecule has 1 amide bonds. The average molecular weight is 438 g/mol. The van der Waals surface area contributed by atoms with Gasteiger partial charge >= 0.3 is 0 Å². The third-order valence-corrected chi connectivity index (χ3v) is 5.64. The van der Waals surface area contributed by atoms with Gasteiger partial charge in [-0.25, -0.2) is 0 Å². The van der Waals surface area contributed by atoms with Crippen LogP contribution in [0.4, 0.5) is 5.69 Å². The SMILES string of the molecule is CN=C(NCc1cccc(OCC(=O)N(C)C)c1)NC(C)c1cccc(N2CCCC2)c1. The van der Waals surface area contributed by atoms with Gasteiger partial charge < -0.3 is 25.2 Å². The second-order valence-corrected chi connectivity index (χ2v) is 8.31. The minimum absolute atomic E-state index is 0.0289. The third kappa shape index (κ3) is 6.64. The highest BCUT2D eigenvalue weighted by Gasteiger charge is 2.14. The van der Waals surface area contributed by atoms with Crippen LogP contribution in [-0.2, 0) is 11.3 Å². The first kappa shape index (κ1) is 23.4. The van der Waals surface area contributed by atoms with E-state index in [1.807, 2.05) is 24.3 Å². The Hall–Kier alpha value is -3.22. The van der Waals surface area contributed by atoms with E-state index in [1.165, 1.54) is 29.0 Å². The lowest BCUT2D eigenvalue weighted by atomic mass is 10.1. The van der Waals surface area contributed by atoms with Crippen molar-refractivity contribution in [1.29, 1.82) is 0 Å². The summed E-state index contributed by atoms with van der Waals surface area (Å²) >= 11 is 0. The van der Waals surface area contributed by atoms with Crippen LogP contribution in [0.1, 0.15) is 36.9 Å². The first-order chi connectivity index (χ1) is 15.5. The van der Waals surface area contributed by atoms with E-state index < -0.39 is 0 Å². The summed E-state index contributed by atoms with van der Waals surface area (Å²) in [6.45, 7) is 5.05. The second-order valence-electron chi connectivity index (χ2n) is 8.31. The summed E-state index contributed by atoms with van der Waals surface area (Å²) in [7, 11) is 5.21. The fourth-order valence-corrected chi connectivity index (χ4v) is 3.65. The minimum atomic E-state index is -0.0686. The van der Waals surface area contributed by atoms with Gasteiger partial charge in [0.25, 0.3) is 5.91 Å². The van der Waals surface area contributed by atoms with Gasteiger partial charge in [0.15, 0.2) is 12.6 Å². The number of nitrogens with zero attached hydrogens (tertiary/aromatic N) is 3. The number of carbonyl (C=O) groups excluding carboxylic acids is 1. The summed E-state index contributed by atoms with van der Waals surface area (Å²) < 4.78 is 5.61. The Balaban J connectivity index is 1.54. The molecule has 2 aromatic rings. The van der Waals surface area contributed by atoms with Crippen molar-refractivity contribution in [3.63, 3.8) is 0 Å². The van der Waals surface area contributed by atoms with Gasteiger partial charge in [-0.3, -0.25) is 9.79 Å². The molecule has 1 atom stereocenters.